The molecule has 136 valence electrons. The number of hydrogen-bond donors (Lipinski definition) is 3. The van der Waals surface area contributed by atoms with Crippen molar-refractivity contribution in [2.75, 3.05) is 10.6 Å². The van der Waals surface area contributed by atoms with E-state index in [1.54, 1.807) is 48.8 Å². The van der Waals surface area contributed by atoms with Crippen molar-refractivity contribution in [3.05, 3.63) is 54.4 Å². The zero-order valence-corrected chi connectivity index (χ0v) is 14.9. The highest BCUT2D eigenvalue weighted by molar-refractivity contribution is 6.04. The van der Waals surface area contributed by atoms with Gasteiger partial charge < -0.3 is 16.4 Å². The molecule has 2 unspecified atom stereocenters. The number of nitrogens with one attached hydrogen (secondary N) is 2. The molecular weight excluding hydrogens is 328 g/mol. The number of carbonyl (C=O) groups excluding carboxylic acids is 2. The van der Waals surface area contributed by atoms with Crippen LogP contribution in [0, 0.1) is 5.92 Å². The Hall–Kier alpha value is -2.73. The van der Waals surface area contributed by atoms with E-state index < -0.39 is 5.54 Å². The number of nitrogens with two attached hydrogens (primary N) is 1. The van der Waals surface area contributed by atoms with Gasteiger partial charge in [-0.1, -0.05) is 12.8 Å². The Labute approximate surface area is 153 Å². The molecule has 0 bridgehead atoms. The maximum Gasteiger partial charge on any atom is 0.255 e. The van der Waals surface area contributed by atoms with Gasteiger partial charge in [0.2, 0.25) is 5.91 Å². The Bertz CT molecular complexity index is 772. The van der Waals surface area contributed by atoms with E-state index in [1.165, 1.54) is 0 Å². The van der Waals surface area contributed by atoms with E-state index >= 15 is 0 Å². The molecule has 6 nitrogen and oxygen atoms in total. The van der Waals surface area contributed by atoms with Crippen molar-refractivity contribution in [3.63, 3.8) is 0 Å². The van der Waals surface area contributed by atoms with Crippen molar-refractivity contribution >= 4 is 23.2 Å². The van der Waals surface area contributed by atoms with Crippen LogP contribution in [-0.4, -0.2) is 22.3 Å². The minimum Gasteiger partial charge on any atom is -0.326 e. The van der Waals surface area contributed by atoms with E-state index in [1.807, 2.05) is 6.92 Å². The number of pyridine rings is 1. The number of rotatable bonds is 4. The SMILES string of the molecule is CC1(N)CCCCC1C(=O)Nc1ccc(C(=O)Nc2cccnc2)cc1. The van der Waals surface area contributed by atoms with E-state index in [4.69, 9.17) is 5.73 Å². The Morgan fingerprint density at radius 3 is 2.54 bits per heavy atom. The van der Waals surface area contributed by atoms with Crippen LogP contribution in [0.2, 0.25) is 0 Å². The highest BCUT2D eigenvalue weighted by atomic mass is 16.2. The number of aromatic nitrogens is 1. The largest absolute Gasteiger partial charge is 0.326 e. The second-order valence-electron chi connectivity index (χ2n) is 7.07. The van der Waals surface area contributed by atoms with Crippen LogP contribution in [0.5, 0.6) is 0 Å². The summed E-state index contributed by atoms with van der Waals surface area (Å²) in [6, 6.07) is 10.4. The number of benzene rings is 1. The third-order valence-electron chi connectivity index (χ3n) is 4.90. The van der Waals surface area contributed by atoms with Crippen molar-refractivity contribution in [3.8, 4) is 0 Å². The molecule has 1 aromatic carbocycles. The molecule has 1 fully saturated rings. The molecule has 0 radical (unpaired) electrons. The molecular formula is C20H24N4O2. The summed E-state index contributed by atoms with van der Waals surface area (Å²) in [4.78, 5) is 28.8. The van der Waals surface area contributed by atoms with Gasteiger partial charge in [-0.15, -0.1) is 0 Å². The van der Waals surface area contributed by atoms with Gasteiger partial charge in [-0.25, -0.2) is 0 Å². The van der Waals surface area contributed by atoms with Crippen molar-refractivity contribution in [1.29, 1.82) is 0 Å². The minimum atomic E-state index is -0.466. The summed E-state index contributed by atoms with van der Waals surface area (Å²) < 4.78 is 0. The summed E-state index contributed by atoms with van der Waals surface area (Å²) in [5, 5.41) is 5.70. The van der Waals surface area contributed by atoms with Gasteiger partial charge in [0, 0.05) is 23.0 Å². The lowest BCUT2D eigenvalue weighted by Crippen LogP contribution is -2.51. The normalized spacial score (nSPS) is 22.5. The predicted octanol–water partition coefficient (Wildman–Crippen LogP) is 3.18. The number of carbonyl (C=O) groups is 2. The van der Waals surface area contributed by atoms with Gasteiger partial charge in [-0.2, -0.15) is 0 Å². The average Bonchev–Trinajstić information content (AvgIpc) is 2.62. The topological polar surface area (TPSA) is 97.1 Å². The number of anilines is 2. The molecule has 1 aliphatic carbocycles. The molecule has 4 N–H and O–H groups in total. The van der Waals surface area contributed by atoms with Crippen LogP contribution in [0.4, 0.5) is 11.4 Å². The van der Waals surface area contributed by atoms with Crippen molar-refractivity contribution in [1.82, 2.24) is 4.98 Å². The lowest BCUT2D eigenvalue weighted by Gasteiger charge is -2.37. The molecule has 0 aliphatic heterocycles. The maximum absolute atomic E-state index is 12.6. The zero-order chi connectivity index (χ0) is 18.6. The molecule has 6 heteroatoms. The molecule has 1 aromatic heterocycles. The summed E-state index contributed by atoms with van der Waals surface area (Å²) in [5.41, 5.74) is 7.63. The fourth-order valence-electron chi connectivity index (χ4n) is 3.36. The van der Waals surface area contributed by atoms with Gasteiger partial charge in [0.15, 0.2) is 0 Å². The molecule has 2 atom stereocenters. The van der Waals surface area contributed by atoms with E-state index in [9.17, 15) is 9.59 Å². The molecule has 0 spiro atoms. The summed E-state index contributed by atoms with van der Waals surface area (Å²) >= 11 is 0. The first-order valence-electron chi connectivity index (χ1n) is 8.87. The van der Waals surface area contributed by atoms with Crippen molar-refractivity contribution < 1.29 is 9.59 Å². The highest BCUT2D eigenvalue weighted by Crippen LogP contribution is 2.32. The molecule has 3 rings (SSSR count). The van der Waals surface area contributed by atoms with E-state index in [0.29, 0.717) is 16.9 Å². The lowest BCUT2D eigenvalue weighted by atomic mass is 9.74. The van der Waals surface area contributed by atoms with Crippen molar-refractivity contribution in [2.45, 2.75) is 38.1 Å². The quantitative estimate of drug-likeness (QED) is 0.787. The fourth-order valence-corrected chi connectivity index (χ4v) is 3.36. The number of amides is 2. The summed E-state index contributed by atoms with van der Waals surface area (Å²) in [7, 11) is 0. The standard InChI is InChI=1S/C20H24N4O2/c1-20(21)11-3-2-6-17(20)19(26)23-15-9-7-14(8-10-15)18(25)24-16-5-4-12-22-13-16/h4-5,7-10,12-13,17H,2-3,6,11,21H2,1H3,(H,23,26)(H,24,25). The van der Waals surface area contributed by atoms with Crippen LogP contribution in [0.25, 0.3) is 0 Å². The van der Waals surface area contributed by atoms with E-state index in [0.717, 1.165) is 25.7 Å². The maximum atomic E-state index is 12.6. The van der Waals surface area contributed by atoms with Crippen LogP contribution >= 0.6 is 0 Å². The van der Waals surface area contributed by atoms with Gasteiger partial charge in [-0.3, -0.25) is 14.6 Å². The van der Waals surface area contributed by atoms with Crippen LogP contribution in [0.15, 0.2) is 48.8 Å². The Morgan fingerprint density at radius 1 is 1.12 bits per heavy atom. The first kappa shape index (κ1) is 18.1. The summed E-state index contributed by atoms with van der Waals surface area (Å²) in [5.74, 6) is -0.468. The minimum absolute atomic E-state index is 0.0535. The second kappa shape index (κ2) is 7.66. The van der Waals surface area contributed by atoms with Crippen LogP contribution < -0.4 is 16.4 Å². The predicted molar refractivity (Wildman–Crippen MR) is 102 cm³/mol. The average molecular weight is 352 g/mol. The van der Waals surface area contributed by atoms with Crippen LogP contribution in [0.3, 0.4) is 0 Å². The Morgan fingerprint density at radius 2 is 1.88 bits per heavy atom. The summed E-state index contributed by atoms with van der Waals surface area (Å²) in [6.07, 6.45) is 6.99. The molecule has 1 saturated carbocycles. The summed E-state index contributed by atoms with van der Waals surface area (Å²) in [6.45, 7) is 1.95. The first-order chi connectivity index (χ1) is 12.5. The van der Waals surface area contributed by atoms with Gasteiger partial charge in [0.05, 0.1) is 17.8 Å². The van der Waals surface area contributed by atoms with Crippen LogP contribution in [-0.2, 0) is 4.79 Å². The van der Waals surface area contributed by atoms with E-state index in [-0.39, 0.29) is 17.7 Å². The lowest BCUT2D eigenvalue weighted by molar-refractivity contribution is -0.122. The van der Waals surface area contributed by atoms with Crippen LogP contribution in [0.1, 0.15) is 43.0 Å². The Kier molecular flexibility index (Phi) is 5.32. The third-order valence-corrected chi connectivity index (χ3v) is 4.90. The molecule has 2 amide bonds. The third kappa shape index (κ3) is 4.26. The zero-order valence-electron chi connectivity index (χ0n) is 14.9. The molecule has 2 aromatic rings. The monoisotopic (exact) mass is 352 g/mol. The molecule has 0 saturated heterocycles. The van der Waals surface area contributed by atoms with Gasteiger partial charge in [0.25, 0.3) is 5.91 Å². The van der Waals surface area contributed by atoms with E-state index in [2.05, 4.69) is 15.6 Å². The second-order valence-corrected chi connectivity index (χ2v) is 7.07. The van der Waals surface area contributed by atoms with Gasteiger partial charge in [-0.05, 0) is 56.2 Å². The molecule has 26 heavy (non-hydrogen) atoms. The highest BCUT2D eigenvalue weighted by Gasteiger charge is 2.37. The first-order valence-corrected chi connectivity index (χ1v) is 8.87. The van der Waals surface area contributed by atoms with Gasteiger partial charge >= 0.3 is 0 Å². The molecule has 1 aliphatic rings. The number of nitrogens with zero attached hydrogens (tertiary/aromatic N) is 1. The number of hydrogen-bond acceptors (Lipinski definition) is 4. The fraction of sp³-hybridized carbons (Fsp3) is 0.350. The molecule has 1 heterocycles. The van der Waals surface area contributed by atoms with Gasteiger partial charge in [0.1, 0.15) is 0 Å². The van der Waals surface area contributed by atoms with Crippen molar-refractivity contribution in [2.24, 2.45) is 11.7 Å². The Balaban J connectivity index is 1.62. The smallest absolute Gasteiger partial charge is 0.255 e.